The van der Waals surface area contributed by atoms with Crippen molar-refractivity contribution in [3.8, 4) is 17.6 Å². The molecule has 2 aromatic rings. The summed E-state index contributed by atoms with van der Waals surface area (Å²) in [5.74, 6) is 0.365. The van der Waals surface area contributed by atoms with Crippen LogP contribution in [0.2, 0.25) is 5.02 Å². The summed E-state index contributed by atoms with van der Waals surface area (Å²) in [6, 6.07) is 11.8. The summed E-state index contributed by atoms with van der Waals surface area (Å²) in [5.41, 5.74) is 7.10. The van der Waals surface area contributed by atoms with Gasteiger partial charge in [0.25, 0.3) is 0 Å². The van der Waals surface area contributed by atoms with E-state index >= 15 is 0 Å². The smallest absolute Gasteiger partial charge is 0.146 e. The molecule has 4 nitrogen and oxygen atoms in total. The fraction of sp³-hybridized carbons (Fsp3) is 0.0714. The number of aromatic hydroxyl groups is 1. The first-order valence-corrected chi connectivity index (χ1v) is 5.88. The molecule has 19 heavy (non-hydrogen) atoms. The van der Waals surface area contributed by atoms with E-state index in [-0.39, 0.29) is 18.0 Å². The summed E-state index contributed by atoms with van der Waals surface area (Å²) in [4.78, 5) is 0. The van der Waals surface area contributed by atoms with Gasteiger partial charge >= 0.3 is 0 Å². The fourth-order valence-electron chi connectivity index (χ4n) is 1.55. The molecule has 0 heterocycles. The van der Waals surface area contributed by atoms with E-state index in [1.165, 1.54) is 6.07 Å². The van der Waals surface area contributed by atoms with Gasteiger partial charge in [-0.1, -0.05) is 23.7 Å². The minimum absolute atomic E-state index is 0.0246. The highest BCUT2D eigenvalue weighted by atomic mass is 35.5. The third-order valence-corrected chi connectivity index (χ3v) is 2.96. The molecule has 0 aliphatic heterocycles. The number of halogens is 1. The van der Waals surface area contributed by atoms with E-state index in [1.807, 2.05) is 6.07 Å². The van der Waals surface area contributed by atoms with Crippen LogP contribution in [0.1, 0.15) is 11.1 Å². The van der Waals surface area contributed by atoms with Gasteiger partial charge in [-0.3, -0.25) is 0 Å². The number of phenolic OH excluding ortho intramolecular Hbond substituents is 1. The molecule has 0 fully saturated rings. The minimum Gasteiger partial charge on any atom is -0.506 e. The Morgan fingerprint density at radius 2 is 2.11 bits per heavy atom. The molecule has 0 saturated carbocycles. The van der Waals surface area contributed by atoms with Crippen molar-refractivity contribution in [2.45, 2.75) is 6.61 Å². The predicted octanol–water partition coefficient (Wildman–Crippen LogP) is 3.08. The number of ether oxygens (including phenoxy) is 1. The first-order chi connectivity index (χ1) is 9.11. The van der Waals surface area contributed by atoms with Crippen LogP contribution in [-0.4, -0.2) is 5.11 Å². The van der Waals surface area contributed by atoms with E-state index in [9.17, 15) is 5.11 Å². The average Bonchev–Trinajstić information content (AvgIpc) is 2.41. The topological polar surface area (TPSA) is 79.3 Å². The van der Waals surface area contributed by atoms with Crippen molar-refractivity contribution in [1.82, 2.24) is 0 Å². The molecule has 0 aliphatic carbocycles. The zero-order valence-corrected chi connectivity index (χ0v) is 10.7. The Kier molecular flexibility index (Phi) is 3.79. The summed E-state index contributed by atoms with van der Waals surface area (Å²) in [6.45, 7) is 0.207. The molecule has 0 aliphatic rings. The highest BCUT2D eigenvalue weighted by Crippen LogP contribution is 2.31. The van der Waals surface area contributed by atoms with Crippen LogP contribution >= 0.6 is 11.6 Å². The van der Waals surface area contributed by atoms with Crippen LogP contribution in [0.4, 0.5) is 5.69 Å². The number of nitrogens with two attached hydrogens (primary N) is 1. The molecular weight excluding hydrogens is 264 g/mol. The third kappa shape index (κ3) is 2.90. The van der Waals surface area contributed by atoms with Crippen molar-refractivity contribution in [1.29, 1.82) is 5.26 Å². The van der Waals surface area contributed by atoms with Gasteiger partial charge in [0, 0.05) is 10.6 Å². The molecule has 0 atom stereocenters. The first-order valence-electron chi connectivity index (χ1n) is 5.50. The fourth-order valence-corrected chi connectivity index (χ4v) is 1.78. The number of para-hydroxylation sites is 1. The quantitative estimate of drug-likeness (QED) is 0.666. The average molecular weight is 275 g/mol. The number of hydrogen-bond acceptors (Lipinski definition) is 4. The molecule has 0 spiro atoms. The van der Waals surface area contributed by atoms with Crippen LogP contribution in [-0.2, 0) is 6.61 Å². The Labute approximate surface area is 115 Å². The van der Waals surface area contributed by atoms with E-state index in [0.717, 1.165) is 5.56 Å². The molecule has 5 heteroatoms. The summed E-state index contributed by atoms with van der Waals surface area (Å²) in [5, 5.41) is 18.7. The van der Waals surface area contributed by atoms with Crippen LogP contribution in [0.15, 0.2) is 36.4 Å². The number of nitriles is 1. The van der Waals surface area contributed by atoms with Gasteiger partial charge in [0.1, 0.15) is 23.8 Å². The van der Waals surface area contributed by atoms with Crippen molar-refractivity contribution < 1.29 is 9.84 Å². The molecule has 2 aromatic carbocycles. The molecule has 3 N–H and O–H groups in total. The monoisotopic (exact) mass is 274 g/mol. The molecule has 0 aromatic heterocycles. The van der Waals surface area contributed by atoms with E-state index < -0.39 is 0 Å². The predicted molar refractivity (Wildman–Crippen MR) is 73.0 cm³/mol. The van der Waals surface area contributed by atoms with Gasteiger partial charge in [-0.2, -0.15) is 5.26 Å². The lowest BCUT2D eigenvalue weighted by Crippen LogP contribution is -1.99. The normalized spacial score (nSPS) is 9.89. The highest BCUT2D eigenvalue weighted by molar-refractivity contribution is 6.31. The van der Waals surface area contributed by atoms with Gasteiger partial charge in [0.2, 0.25) is 0 Å². The summed E-state index contributed by atoms with van der Waals surface area (Å²) in [6.07, 6.45) is 0. The number of nitrogen functional groups attached to an aromatic ring is 1. The van der Waals surface area contributed by atoms with Crippen LogP contribution in [0, 0.1) is 11.3 Å². The number of nitrogens with zero attached hydrogens (tertiary/aromatic N) is 1. The van der Waals surface area contributed by atoms with E-state index in [1.54, 1.807) is 30.3 Å². The van der Waals surface area contributed by atoms with Crippen molar-refractivity contribution in [2.75, 3.05) is 5.73 Å². The Balaban J connectivity index is 2.15. The van der Waals surface area contributed by atoms with E-state index in [4.69, 9.17) is 27.3 Å². The third-order valence-electron chi connectivity index (χ3n) is 2.61. The second-order valence-corrected chi connectivity index (χ2v) is 4.30. The molecule has 0 amide bonds. The Morgan fingerprint density at radius 3 is 2.79 bits per heavy atom. The number of rotatable bonds is 3. The molecule has 0 radical (unpaired) electrons. The second-order valence-electron chi connectivity index (χ2n) is 3.90. The Bertz CT molecular complexity index is 650. The zero-order valence-electron chi connectivity index (χ0n) is 9.93. The molecule has 0 unspecified atom stereocenters. The molecule has 2 rings (SSSR count). The van der Waals surface area contributed by atoms with Gasteiger partial charge in [-0.05, 0) is 24.3 Å². The van der Waals surface area contributed by atoms with Crippen molar-refractivity contribution >= 4 is 17.3 Å². The summed E-state index contributed by atoms with van der Waals surface area (Å²) in [7, 11) is 0. The maximum atomic E-state index is 9.45. The number of anilines is 1. The van der Waals surface area contributed by atoms with Gasteiger partial charge in [-0.25, -0.2) is 0 Å². The van der Waals surface area contributed by atoms with Gasteiger partial charge < -0.3 is 15.6 Å². The SMILES string of the molecule is N#Cc1ccc(COc2cccc(O)c2N)c(Cl)c1. The highest BCUT2D eigenvalue weighted by Gasteiger charge is 2.07. The molecule has 96 valence electrons. The standard InChI is InChI=1S/C14H11ClN2O2/c15-11-6-9(7-16)4-5-10(11)8-19-13-3-1-2-12(18)14(13)17/h1-6,18H,8,17H2. The van der Waals surface area contributed by atoms with E-state index in [0.29, 0.717) is 16.3 Å². The summed E-state index contributed by atoms with van der Waals surface area (Å²) >= 11 is 6.03. The van der Waals surface area contributed by atoms with Gasteiger partial charge in [0.05, 0.1) is 11.6 Å². The molecule has 0 bridgehead atoms. The Morgan fingerprint density at radius 1 is 1.32 bits per heavy atom. The van der Waals surface area contributed by atoms with Crippen molar-refractivity contribution in [2.24, 2.45) is 0 Å². The zero-order chi connectivity index (χ0) is 13.8. The number of hydrogen-bond donors (Lipinski definition) is 2. The van der Waals surface area contributed by atoms with E-state index in [2.05, 4.69) is 0 Å². The molecule has 0 saturated heterocycles. The second kappa shape index (κ2) is 5.51. The van der Waals surface area contributed by atoms with Crippen LogP contribution < -0.4 is 10.5 Å². The molecular formula is C14H11ClN2O2. The van der Waals surface area contributed by atoms with Crippen LogP contribution in [0.3, 0.4) is 0 Å². The summed E-state index contributed by atoms with van der Waals surface area (Å²) < 4.78 is 5.51. The number of benzene rings is 2. The first kappa shape index (κ1) is 13.1. The van der Waals surface area contributed by atoms with Crippen molar-refractivity contribution in [3.63, 3.8) is 0 Å². The van der Waals surface area contributed by atoms with Gasteiger partial charge in [-0.15, -0.1) is 0 Å². The maximum Gasteiger partial charge on any atom is 0.146 e. The lowest BCUT2D eigenvalue weighted by Gasteiger charge is -2.10. The number of phenols is 1. The van der Waals surface area contributed by atoms with Gasteiger partial charge in [0.15, 0.2) is 0 Å². The lowest BCUT2D eigenvalue weighted by molar-refractivity contribution is 0.306. The minimum atomic E-state index is -0.0246. The largest absolute Gasteiger partial charge is 0.506 e. The van der Waals surface area contributed by atoms with Crippen LogP contribution in [0.25, 0.3) is 0 Å². The Hall–Kier alpha value is -2.38. The lowest BCUT2D eigenvalue weighted by atomic mass is 10.1. The maximum absolute atomic E-state index is 9.45. The van der Waals surface area contributed by atoms with Crippen LogP contribution in [0.5, 0.6) is 11.5 Å². The van der Waals surface area contributed by atoms with Crippen molar-refractivity contribution in [3.05, 3.63) is 52.5 Å².